The molecule has 0 aliphatic rings. The Labute approximate surface area is 192 Å². The van der Waals surface area contributed by atoms with Gasteiger partial charge in [-0.2, -0.15) is 0 Å². The van der Waals surface area contributed by atoms with Crippen molar-refractivity contribution in [3.8, 4) is 11.6 Å². The van der Waals surface area contributed by atoms with Crippen molar-refractivity contribution in [1.29, 1.82) is 0 Å². The lowest BCUT2D eigenvalue weighted by atomic mass is 10.2. The molecule has 2 amide bonds. The number of hydrogen-bond acceptors (Lipinski definition) is 6. The topological polar surface area (TPSA) is 93.3 Å². The fraction of sp³-hybridized carbons (Fsp3) is 0.391. The van der Waals surface area contributed by atoms with E-state index in [2.05, 4.69) is 29.4 Å². The highest BCUT2D eigenvalue weighted by Crippen LogP contribution is 2.25. The minimum absolute atomic E-state index is 0.0136. The first-order valence-corrected chi connectivity index (χ1v) is 11.7. The molecule has 8 nitrogen and oxygen atoms in total. The molecule has 0 bridgehead atoms. The van der Waals surface area contributed by atoms with Crippen LogP contribution in [-0.2, 0) is 11.3 Å². The second kappa shape index (κ2) is 11.0. The fourth-order valence-electron chi connectivity index (χ4n) is 3.23. The highest BCUT2D eigenvalue weighted by Gasteiger charge is 2.18. The minimum Gasteiger partial charge on any atom is -0.461 e. The van der Waals surface area contributed by atoms with Gasteiger partial charge in [0.2, 0.25) is 5.91 Å². The Morgan fingerprint density at radius 2 is 1.84 bits per heavy atom. The van der Waals surface area contributed by atoms with Crippen LogP contribution in [0.3, 0.4) is 0 Å². The standard InChI is InChI=1S/C23H29N5O3S/c1-5-27(6-2)22(30)17-9-11-18(12-10-17)24-20(29)15-32-23-26-25-21(19-8-7-13-31-19)28(23)14-16(3)4/h7-13,16H,5-6,14-15H2,1-4H3,(H,24,29). The molecule has 9 heteroatoms. The normalized spacial score (nSPS) is 11.0. The van der Waals surface area contributed by atoms with Gasteiger partial charge in [0.05, 0.1) is 12.0 Å². The zero-order valence-corrected chi connectivity index (χ0v) is 19.7. The van der Waals surface area contributed by atoms with Gasteiger partial charge in [0, 0.05) is 30.9 Å². The van der Waals surface area contributed by atoms with Crippen LogP contribution in [0.25, 0.3) is 11.6 Å². The maximum atomic E-state index is 12.5. The molecular formula is C23H29N5O3S. The molecule has 0 atom stereocenters. The van der Waals surface area contributed by atoms with E-state index in [1.165, 1.54) is 11.8 Å². The van der Waals surface area contributed by atoms with Crippen LogP contribution in [0, 0.1) is 5.92 Å². The maximum absolute atomic E-state index is 12.5. The Kier molecular flexibility index (Phi) is 8.10. The van der Waals surface area contributed by atoms with Crippen molar-refractivity contribution < 1.29 is 14.0 Å². The molecule has 0 spiro atoms. The first-order chi connectivity index (χ1) is 15.4. The van der Waals surface area contributed by atoms with E-state index in [0.717, 1.165) is 6.54 Å². The highest BCUT2D eigenvalue weighted by molar-refractivity contribution is 7.99. The molecule has 2 heterocycles. The number of aromatic nitrogens is 3. The van der Waals surface area contributed by atoms with Gasteiger partial charge in [-0.25, -0.2) is 0 Å². The van der Waals surface area contributed by atoms with Gasteiger partial charge in [0.1, 0.15) is 0 Å². The molecule has 2 aromatic heterocycles. The summed E-state index contributed by atoms with van der Waals surface area (Å²) in [5.74, 6) is 1.70. The van der Waals surface area contributed by atoms with Crippen molar-refractivity contribution in [1.82, 2.24) is 19.7 Å². The Hall–Kier alpha value is -3.07. The van der Waals surface area contributed by atoms with E-state index in [1.807, 2.05) is 30.5 Å². The molecule has 0 aliphatic heterocycles. The zero-order valence-electron chi connectivity index (χ0n) is 18.9. The van der Waals surface area contributed by atoms with E-state index in [1.54, 1.807) is 35.4 Å². The van der Waals surface area contributed by atoms with Gasteiger partial charge in [-0.1, -0.05) is 25.6 Å². The summed E-state index contributed by atoms with van der Waals surface area (Å²) >= 11 is 1.33. The highest BCUT2D eigenvalue weighted by atomic mass is 32.2. The Morgan fingerprint density at radius 3 is 2.44 bits per heavy atom. The number of anilines is 1. The third kappa shape index (κ3) is 5.79. The van der Waals surface area contributed by atoms with Gasteiger partial charge < -0.3 is 14.6 Å². The number of carbonyl (C=O) groups excluding carboxylic acids is 2. The van der Waals surface area contributed by atoms with Crippen molar-refractivity contribution in [3.05, 3.63) is 48.2 Å². The monoisotopic (exact) mass is 455 g/mol. The van der Waals surface area contributed by atoms with Crippen molar-refractivity contribution in [2.24, 2.45) is 5.92 Å². The Bertz CT molecular complexity index is 1020. The molecular weight excluding hydrogens is 426 g/mol. The van der Waals surface area contributed by atoms with Crippen molar-refractivity contribution in [2.45, 2.75) is 39.4 Å². The number of nitrogens with zero attached hydrogens (tertiary/aromatic N) is 4. The molecule has 0 radical (unpaired) electrons. The van der Waals surface area contributed by atoms with Crippen LogP contribution in [0.2, 0.25) is 0 Å². The molecule has 3 rings (SSSR count). The maximum Gasteiger partial charge on any atom is 0.253 e. The molecule has 32 heavy (non-hydrogen) atoms. The lowest BCUT2D eigenvalue weighted by Crippen LogP contribution is -2.30. The molecule has 1 aromatic carbocycles. The third-order valence-electron chi connectivity index (χ3n) is 4.80. The number of nitrogens with one attached hydrogen (secondary N) is 1. The van der Waals surface area contributed by atoms with Crippen LogP contribution in [0.1, 0.15) is 38.1 Å². The van der Waals surface area contributed by atoms with E-state index in [-0.39, 0.29) is 17.6 Å². The smallest absolute Gasteiger partial charge is 0.253 e. The second-order valence-corrected chi connectivity index (χ2v) is 8.62. The van der Waals surface area contributed by atoms with Crippen LogP contribution < -0.4 is 5.32 Å². The van der Waals surface area contributed by atoms with Crippen LogP contribution >= 0.6 is 11.8 Å². The Morgan fingerprint density at radius 1 is 1.12 bits per heavy atom. The molecule has 170 valence electrons. The predicted molar refractivity (Wildman–Crippen MR) is 126 cm³/mol. The summed E-state index contributed by atoms with van der Waals surface area (Å²) in [4.78, 5) is 26.7. The van der Waals surface area contributed by atoms with Gasteiger partial charge in [-0.15, -0.1) is 10.2 Å². The molecule has 0 aliphatic carbocycles. The quantitative estimate of drug-likeness (QED) is 0.455. The largest absolute Gasteiger partial charge is 0.461 e. The summed E-state index contributed by atoms with van der Waals surface area (Å²) in [6, 6.07) is 10.6. The van der Waals surface area contributed by atoms with Crippen molar-refractivity contribution in [2.75, 3.05) is 24.2 Å². The minimum atomic E-state index is -0.156. The van der Waals surface area contributed by atoms with Gasteiger partial charge in [0.25, 0.3) is 5.91 Å². The number of amides is 2. The number of carbonyl (C=O) groups is 2. The predicted octanol–water partition coefficient (Wildman–Crippen LogP) is 4.41. The molecule has 0 saturated carbocycles. The number of furan rings is 1. The average molecular weight is 456 g/mol. The summed E-state index contributed by atoms with van der Waals surface area (Å²) in [7, 11) is 0. The lowest BCUT2D eigenvalue weighted by molar-refractivity contribution is -0.113. The first-order valence-electron chi connectivity index (χ1n) is 10.7. The summed E-state index contributed by atoms with van der Waals surface area (Å²) in [5, 5.41) is 12.1. The second-order valence-electron chi connectivity index (χ2n) is 7.68. The van der Waals surface area contributed by atoms with E-state index < -0.39 is 0 Å². The first kappa shape index (κ1) is 23.6. The average Bonchev–Trinajstić information content (AvgIpc) is 3.43. The number of benzene rings is 1. The van der Waals surface area contributed by atoms with E-state index in [4.69, 9.17) is 4.42 Å². The lowest BCUT2D eigenvalue weighted by Gasteiger charge is -2.18. The van der Waals surface area contributed by atoms with Gasteiger partial charge >= 0.3 is 0 Å². The Balaban J connectivity index is 1.62. The summed E-state index contributed by atoms with van der Waals surface area (Å²) in [5.41, 5.74) is 1.25. The van der Waals surface area contributed by atoms with Gasteiger partial charge in [-0.3, -0.25) is 14.2 Å². The van der Waals surface area contributed by atoms with Crippen LogP contribution in [0.15, 0.2) is 52.2 Å². The van der Waals surface area contributed by atoms with Crippen LogP contribution in [0.5, 0.6) is 0 Å². The summed E-state index contributed by atoms with van der Waals surface area (Å²) in [6.45, 7) is 10.2. The SMILES string of the molecule is CCN(CC)C(=O)c1ccc(NC(=O)CSc2nnc(-c3ccco3)n2CC(C)C)cc1. The number of rotatable bonds is 10. The van der Waals surface area contributed by atoms with Gasteiger partial charge in [-0.05, 0) is 56.2 Å². The van der Waals surface area contributed by atoms with Crippen LogP contribution in [-0.4, -0.2) is 50.3 Å². The van der Waals surface area contributed by atoms with E-state index >= 15 is 0 Å². The summed E-state index contributed by atoms with van der Waals surface area (Å²) in [6.07, 6.45) is 1.60. The zero-order chi connectivity index (χ0) is 23.1. The van der Waals surface area contributed by atoms with Gasteiger partial charge in [0.15, 0.2) is 16.7 Å². The van der Waals surface area contributed by atoms with E-state index in [9.17, 15) is 9.59 Å². The number of thioether (sulfide) groups is 1. The van der Waals surface area contributed by atoms with Crippen molar-refractivity contribution in [3.63, 3.8) is 0 Å². The van der Waals surface area contributed by atoms with Crippen LogP contribution in [0.4, 0.5) is 5.69 Å². The third-order valence-corrected chi connectivity index (χ3v) is 5.77. The van der Waals surface area contributed by atoms with Crippen molar-refractivity contribution >= 4 is 29.3 Å². The fourth-order valence-corrected chi connectivity index (χ4v) is 3.98. The molecule has 3 aromatic rings. The molecule has 0 unspecified atom stereocenters. The molecule has 1 N–H and O–H groups in total. The number of hydrogen-bond donors (Lipinski definition) is 1. The van der Waals surface area contributed by atoms with E-state index in [0.29, 0.717) is 47.0 Å². The summed E-state index contributed by atoms with van der Waals surface area (Å²) < 4.78 is 7.46. The molecule has 0 saturated heterocycles. The molecule has 0 fully saturated rings.